The van der Waals surface area contributed by atoms with Crippen LogP contribution in [-0.2, 0) is 4.79 Å². The number of amides is 1. The molecular formula is C19H23NOS. The molecule has 0 spiro atoms. The minimum Gasteiger partial charge on any atom is -0.349 e. The lowest BCUT2D eigenvalue weighted by atomic mass is 10.0. The first kappa shape index (κ1) is 16.6. The monoisotopic (exact) mass is 313 g/mol. The quantitative estimate of drug-likeness (QED) is 0.786. The van der Waals surface area contributed by atoms with Crippen molar-refractivity contribution in [2.75, 3.05) is 5.75 Å². The Balaban J connectivity index is 1.92. The second kappa shape index (κ2) is 8.04. The van der Waals surface area contributed by atoms with Gasteiger partial charge in [0.25, 0.3) is 0 Å². The van der Waals surface area contributed by atoms with Crippen LogP contribution in [0.1, 0.15) is 36.1 Å². The van der Waals surface area contributed by atoms with Gasteiger partial charge >= 0.3 is 0 Å². The molecular weight excluding hydrogens is 290 g/mol. The summed E-state index contributed by atoms with van der Waals surface area (Å²) < 4.78 is 0. The van der Waals surface area contributed by atoms with Crippen LogP contribution in [0, 0.1) is 13.8 Å². The zero-order valence-corrected chi connectivity index (χ0v) is 14.2. The van der Waals surface area contributed by atoms with E-state index in [-0.39, 0.29) is 11.9 Å². The first-order chi connectivity index (χ1) is 10.6. The Morgan fingerprint density at radius 2 is 1.77 bits per heavy atom. The summed E-state index contributed by atoms with van der Waals surface area (Å²) in [6.45, 7) is 6.24. The molecule has 0 aromatic heterocycles. The SMILES string of the molecule is CC[C@@H](NC(=O)CSc1ccccc1C)c1ccc(C)cc1. The summed E-state index contributed by atoms with van der Waals surface area (Å²) in [4.78, 5) is 13.4. The predicted molar refractivity (Wildman–Crippen MR) is 94.3 cm³/mol. The summed E-state index contributed by atoms with van der Waals surface area (Å²) >= 11 is 1.59. The lowest BCUT2D eigenvalue weighted by molar-refractivity contribution is -0.119. The fourth-order valence-electron chi connectivity index (χ4n) is 2.32. The largest absolute Gasteiger partial charge is 0.349 e. The Morgan fingerprint density at radius 3 is 2.41 bits per heavy atom. The van der Waals surface area contributed by atoms with Crippen LogP contribution in [0.25, 0.3) is 0 Å². The van der Waals surface area contributed by atoms with Gasteiger partial charge in [0, 0.05) is 4.90 Å². The van der Waals surface area contributed by atoms with Crippen molar-refractivity contribution in [3.8, 4) is 0 Å². The van der Waals surface area contributed by atoms with Gasteiger partial charge < -0.3 is 5.32 Å². The number of thioether (sulfide) groups is 1. The predicted octanol–water partition coefficient (Wildman–Crippen LogP) is 4.66. The standard InChI is InChI=1S/C19H23NOS/c1-4-17(16-11-9-14(2)10-12-16)20-19(21)13-22-18-8-6-5-7-15(18)3/h5-12,17H,4,13H2,1-3H3,(H,20,21)/t17-/m1/s1. The third kappa shape index (κ3) is 4.63. The average Bonchev–Trinajstić information content (AvgIpc) is 2.53. The first-order valence-electron chi connectivity index (χ1n) is 7.64. The van der Waals surface area contributed by atoms with Gasteiger partial charge in [-0.15, -0.1) is 11.8 Å². The molecule has 2 nitrogen and oxygen atoms in total. The highest BCUT2D eigenvalue weighted by Crippen LogP contribution is 2.22. The summed E-state index contributed by atoms with van der Waals surface area (Å²) in [5, 5.41) is 3.13. The van der Waals surface area contributed by atoms with Gasteiger partial charge in [-0.3, -0.25) is 4.79 Å². The Labute approximate surface area is 137 Å². The number of nitrogens with one attached hydrogen (secondary N) is 1. The molecule has 0 heterocycles. The van der Waals surface area contributed by atoms with E-state index >= 15 is 0 Å². The highest BCUT2D eigenvalue weighted by atomic mass is 32.2. The van der Waals surface area contributed by atoms with Crippen molar-refractivity contribution in [3.63, 3.8) is 0 Å². The van der Waals surface area contributed by atoms with Crippen molar-refractivity contribution >= 4 is 17.7 Å². The van der Waals surface area contributed by atoms with Gasteiger partial charge in [0.1, 0.15) is 0 Å². The molecule has 0 bridgehead atoms. The molecule has 0 saturated carbocycles. The van der Waals surface area contributed by atoms with E-state index in [1.165, 1.54) is 21.6 Å². The van der Waals surface area contributed by atoms with E-state index in [4.69, 9.17) is 0 Å². The molecule has 2 aromatic rings. The van der Waals surface area contributed by atoms with Crippen molar-refractivity contribution < 1.29 is 4.79 Å². The van der Waals surface area contributed by atoms with Crippen LogP contribution in [0.5, 0.6) is 0 Å². The number of aryl methyl sites for hydroxylation is 2. The topological polar surface area (TPSA) is 29.1 Å². The Morgan fingerprint density at radius 1 is 1.09 bits per heavy atom. The van der Waals surface area contributed by atoms with Crippen LogP contribution in [0.15, 0.2) is 53.4 Å². The molecule has 2 aromatic carbocycles. The molecule has 1 atom stereocenters. The highest BCUT2D eigenvalue weighted by Gasteiger charge is 2.13. The van der Waals surface area contributed by atoms with Crippen LogP contribution in [0.4, 0.5) is 0 Å². The average molecular weight is 313 g/mol. The van der Waals surface area contributed by atoms with Crippen LogP contribution in [0.2, 0.25) is 0 Å². The molecule has 0 saturated heterocycles. The molecule has 0 unspecified atom stereocenters. The van der Waals surface area contributed by atoms with Crippen molar-refractivity contribution in [1.82, 2.24) is 5.32 Å². The number of hydrogen-bond donors (Lipinski definition) is 1. The minimum atomic E-state index is 0.0840. The van der Waals surface area contributed by atoms with Gasteiger partial charge in [0.2, 0.25) is 5.91 Å². The van der Waals surface area contributed by atoms with Crippen LogP contribution >= 0.6 is 11.8 Å². The summed E-state index contributed by atoms with van der Waals surface area (Å²) in [5.41, 5.74) is 3.62. The van der Waals surface area contributed by atoms with Gasteiger partial charge in [-0.05, 0) is 37.5 Å². The lowest BCUT2D eigenvalue weighted by Crippen LogP contribution is -2.29. The second-order valence-electron chi connectivity index (χ2n) is 5.49. The molecule has 2 rings (SSSR count). The van der Waals surface area contributed by atoms with E-state index in [2.05, 4.69) is 62.5 Å². The number of carbonyl (C=O) groups is 1. The van der Waals surface area contributed by atoms with E-state index in [0.717, 1.165) is 6.42 Å². The maximum Gasteiger partial charge on any atom is 0.230 e. The maximum absolute atomic E-state index is 12.2. The molecule has 0 aliphatic heterocycles. The number of benzene rings is 2. The zero-order chi connectivity index (χ0) is 15.9. The van der Waals surface area contributed by atoms with Gasteiger partial charge in [-0.1, -0.05) is 55.0 Å². The van der Waals surface area contributed by atoms with Crippen LogP contribution in [0.3, 0.4) is 0 Å². The normalized spacial score (nSPS) is 12.0. The fraction of sp³-hybridized carbons (Fsp3) is 0.316. The van der Waals surface area contributed by atoms with E-state index in [1.807, 2.05) is 12.1 Å². The van der Waals surface area contributed by atoms with E-state index in [0.29, 0.717) is 5.75 Å². The van der Waals surface area contributed by atoms with Gasteiger partial charge in [0.15, 0.2) is 0 Å². The molecule has 1 amide bonds. The first-order valence-corrected chi connectivity index (χ1v) is 8.63. The molecule has 116 valence electrons. The Kier molecular flexibility index (Phi) is 6.08. The van der Waals surface area contributed by atoms with E-state index in [9.17, 15) is 4.79 Å². The zero-order valence-electron chi connectivity index (χ0n) is 13.4. The smallest absolute Gasteiger partial charge is 0.230 e. The van der Waals surface area contributed by atoms with E-state index < -0.39 is 0 Å². The molecule has 22 heavy (non-hydrogen) atoms. The van der Waals surface area contributed by atoms with Crippen molar-refractivity contribution in [1.29, 1.82) is 0 Å². The number of carbonyl (C=O) groups excluding carboxylic acids is 1. The third-order valence-electron chi connectivity index (χ3n) is 3.68. The molecule has 0 aliphatic rings. The summed E-state index contributed by atoms with van der Waals surface area (Å²) in [5.74, 6) is 0.536. The van der Waals surface area contributed by atoms with Gasteiger partial charge in [0.05, 0.1) is 11.8 Å². The summed E-state index contributed by atoms with van der Waals surface area (Å²) in [6.07, 6.45) is 0.893. The Bertz CT molecular complexity index is 622. The molecule has 0 radical (unpaired) electrons. The third-order valence-corrected chi connectivity index (χ3v) is 4.85. The fourth-order valence-corrected chi connectivity index (χ4v) is 3.16. The molecule has 3 heteroatoms. The maximum atomic E-state index is 12.2. The van der Waals surface area contributed by atoms with Crippen LogP contribution < -0.4 is 5.32 Å². The molecule has 1 N–H and O–H groups in total. The highest BCUT2D eigenvalue weighted by molar-refractivity contribution is 8.00. The number of hydrogen-bond acceptors (Lipinski definition) is 2. The van der Waals surface area contributed by atoms with Crippen molar-refractivity contribution in [2.45, 2.75) is 38.1 Å². The summed E-state index contributed by atoms with van der Waals surface area (Å²) in [6, 6.07) is 16.6. The molecule has 0 fully saturated rings. The second-order valence-corrected chi connectivity index (χ2v) is 6.51. The Hall–Kier alpha value is -1.74. The van der Waals surface area contributed by atoms with Crippen molar-refractivity contribution in [2.24, 2.45) is 0 Å². The van der Waals surface area contributed by atoms with E-state index in [1.54, 1.807) is 11.8 Å². The minimum absolute atomic E-state index is 0.0840. The molecule has 0 aliphatic carbocycles. The van der Waals surface area contributed by atoms with Crippen molar-refractivity contribution in [3.05, 3.63) is 65.2 Å². The summed E-state index contributed by atoms with van der Waals surface area (Å²) in [7, 11) is 0. The van der Waals surface area contributed by atoms with Crippen LogP contribution in [-0.4, -0.2) is 11.7 Å². The van der Waals surface area contributed by atoms with Gasteiger partial charge in [-0.2, -0.15) is 0 Å². The lowest BCUT2D eigenvalue weighted by Gasteiger charge is -2.17. The number of rotatable bonds is 6. The van der Waals surface area contributed by atoms with Gasteiger partial charge in [-0.25, -0.2) is 0 Å².